The lowest BCUT2D eigenvalue weighted by molar-refractivity contribution is 0.0949. The fraction of sp³-hybridized carbons (Fsp3) is 0.455. The first-order valence-electron chi connectivity index (χ1n) is 9.70. The average Bonchev–Trinajstić information content (AvgIpc) is 2.70. The molecule has 152 valence electrons. The summed E-state index contributed by atoms with van der Waals surface area (Å²) in [6.07, 6.45) is 0. The molecule has 1 aromatic carbocycles. The predicted molar refractivity (Wildman–Crippen MR) is 109 cm³/mol. The third kappa shape index (κ3) is 6.11. The Hall–Kier alpha value is -2.31. The minimum atomic E-state index is -0.371. The van der Waals surface area contributed by atoms with Crippen LogP contribution in [0.3, 0.4) is 0 Å². The topological polar surface area (TPSA) is 74.2 Å². The smallest absolute Gasteiger partial charge is 0.251 e. The van der Waals surface area contributed by atoms with Gasteiger partial charge >= 0.3 is 0 Å². The zero-order valence-electron chi connectivity index (χ0n) is 17.0. The number of aliphatic hydroxyl groups is 1. The molecule has 1 aromatic heterocycles. The van der Waals surface area contributed by atoms with Crippen LogP contribution in [0.15, 0.2) is 36.4 Å². The van der Waals surface area contributed by atoms with E-state index in [1.54, 1.807) is 18.2 Å². The van der Waals surface area contributed by atoms with Crippen molar-refractivity contribution in [1.82, 2.24) is 15.6 Å². The average molecular weight is 387 g/mol. The third-order valence-electron chi connectivity index (χ3n) is 4.77. The van der Waals surface area contributed by atoms with Crippen LogP contribution in [-0.2, 0) is 6.54 Å². The summed E-state index contributed by atoms with van der Waals surface area (Å²) in [5.41, 5.74) is 2.38. The molecule has 0 aliphatic heterocycles. The second-order valence-corrected chi connectivity index (χ2v) is 7.64. The maximum absolute atomic E-state index is 14.1. The van der Waals surface area contributed by atoms with Gasteiger partial charge in [0.15, 0.2) is 0 Å². The molecule has 2 aromatic rings. The Balaban J connectivity index is 2.10. The normalized spacial score (nSPS) is 13.4. The van der Waals surface area contributed by atoms with Crippen molar-refractivity contribution in [1.29, 1.82) is 0 Å². The molecule has 2 rings (SSSR count). The van der Waals surface area contributed by atoms with Crippen LogP contribution in [0.5, 0.6) is 0 Å². The number of nitrogens with zero attached hydrogens (tertiary/aromatic N) is 1. The molecule has 2 atom stereocenters. The molecule has 5 nitrogen and oxygen atoms in total. The van der Waals surface area contributed by atoms with E-state index in [0.717, 1.165) is 5.56 Å². The van der Waals surface area contributed by atoms with Crippen LogP contribution in [0.1, 0.15) is 43.7 Å². The summed E-state index contributed by atoms with van der Waals surface area (Å²) in [6.45, 7) is 8.94. The molecule has 0 fully saturated rings. The Bertz CT molecular complexity index is 778. The highest BCUT2D eigenvalue weighted by Gasteiger charge is 2.13. The van der Waals surface area contributed by atoms with Crippen LogP contribution in [-0.4, -0.2) is 35.2 Å². The summed E-state index contributed by atoms with van der Waals surface area (Å²) < 4.78 is 14.1. The van der Waals surface area contributed by atoms with Crippen LogP contribution < -0.4 is 10.6 Å². The molecule has 3 N–H and O–H groups in total. The van der Waals surface area contributed by atoms with Gasteiger partial charge in [-0.25, -0.2) is 9.37 Å². The maximum atomic E-state index is 14.1. The second-order valence-electron chi connectivity index (χ2n) is 7.64. The fourth-order valence-electron chi connectivity index (χ4n) is 2.58. The Morgan fingerprint density at radius 3 is 2.39 bits per heavy atom. The molecular formula is C22H30FN3O2. The number of benzene rings is 1. The quantitative estimate of drug-likeness (QED) is 0.617. The van der Waals surface area contributed by atoms with Crippen LogP contribution in [0.2, 0.25) is 0 Å². The highest BCUT2D eigenvalue weighted by Crippen LogP contribution is 2.20. The first-order chi connectivity index (χ1) is 13.3. The maximum Gasteiger partial charge on any atom is 0.251 e. The van der Waals surface area contributed by atoms with Gasteiger partial charge in [0.25, 0.3) is 5.91 Å². The van der Waals surface area contributed by atoms with Gasteiger partial charge in [0, 0.05) is 36.9 Å². The number of hydrogen-bond acceptors (Lipinski definition) is 4. The van der Waals surface area contributed by atoms with Crippen LogP contribution in [0, 0.1) is 17.7 Å². The van der Waals surface area contributed by atoms with E-state index in [1.807, 2.05) is 39.8 Å². The molecular weight excluding hydrogens is 357 g/mol. The first kappa shape index (κ1) is 22.0. The number of carbonyl (C=O) groups is 1. The number of nitrogens with one attached hydrogen (secondary N) is 2. The SMILES string of the molecule is CC(C)CNC(=O)c1ccc(-c2ccc(F)c(CN[C@H](C)C(C)CO)n2)cc1. The van der Waals surface area contributed by atoms with E-state index in [1.165, 1.54) is 6.07 Å². The Kier molecular flexibility index (Phi) is 8.08. The number of aliphatic hydroxyl groups excluding tert-OH is 1. The van der Waals surface area contributed by atoms with Gasteiger partial charge in [0.05, 0.1) is 11.4 Å². The molecule has 0 aliphatic carbocycles. The van der Waals surface area contributed by atoms with E-state index in [4.69, 9.17) is 0 Å². The largest absolute Gasteiger partial charge is 0.396 e. The fourth-order valence-corrected chi connectivity index (χ4v) is 2.58. The van der Waals surface area contributed by atoms with Gasteiger partial charge in [-0.1, -0.05) is 32.9 Å². The van der Waals surface area contributed by atoms with E-state index in [-0.39, 0.29) is 36.8 Å². The van der Waals surface area contributed by atoms with Crippen molar-refractivity contribution in [3.05, 3.63) is 53.5 Å². The number of halogens is 1. The number of rotatable bonds is 9. The van der Waals surface area contributed by atoms with Gasteiger partial charge in [0.2, 0.25) is 0 Å². The van der Waals surface area contributed by atoms with E-state index >= 15 is 0 Å². The highest BCUT2D eigenvalue weighted by molar-refractivity contribution is 5.94. The molecule has 1 unspecified atom stereocenters. The number of hydrogen-bond donors (Lipinski definition) is 3. The molecule has 1 amide bonds. The lowest BCUT2D eigenvalue weighted by Gasteiger charge is -2.19. The Morgan fingerprint density at radius 2 is 1.79 bits per heavy atom. The molecule has 0 spiro atoms. The van der Waals surface area contributed by atoms with E-state index in [9.17, 15) is 14.3 Å². The zero-order valence-corrected chi connectivity index (χ0v) is 17.0. The molecule has 0 bridgehead atoms. The monoisotopic (exact) mass is 387 g/mol. The standard InChI is InChI=1S/C22H30FN3O2/c1-14(2)11-25-22(28)18-7-5-17(6-8-18)20-10-9-19(23)21(26-20)12-24-16(4)15(3)13-27/h5-10,14-16,24,27H,11-13H2,1-4H3,(H,25,28)/t15?,16-/m1/s1. The van der Waals surface area contributed by atoms with Crippen LogP contribution >= 0.6 is 0 Å². The summed E-state index contributed by atoms with van der Waals surface area (Å²) in [5.74, 6) is -0.0173. The van der Waals surface area contributed by atoms with Crippen molar-refractivity contribution in [2.75, 3.05) is 13.2 Å². The lowest BCUT2D eigenvalue weighted by Crippen LogP contribution is -2.33. The van der Waals surface area contributed by atoms with Gasteiger partial charge < -0.3 is 15.7 Å². The van der Waals surface area contributed by atoms with Crippen molar-refractivity contribution >= 4 is 5.91 Å². The summed E-state index contributed by atoms with van der Waals surface area (Å²) >= 11 is 0. The summed E-state index contributed by atoms with van der Waals surface area (Å²) in [4.78, 5) is 16.6. The number of carbonyl (C=O) groups excluding carboxylic acids is 1. The second kappa shape index (κ2) is 10.3. The van der Waals surface area contributed by atoms with E-state index < -0.39 is 0 Å². The number of pyridine rings is 1. The lowest BCUT2D eigenvalue weighted by atomic mass is 10.0. The van der Waals surface area contributed by atoms with E-state index in [2.05, 4.69) is 15.6 Å². The molecule has 0 aliphatic rings. The summed E-state index contributed by atoms with van der Waals surface area (Å²) in [7, 11) is 0. The van der Waals surface area contributed by atoms with Gasteiger partial charge in [-0.2, -0.15) is 0 Å². The predicted octanol–water partition coefficient (Wildman–Crippen LogP) is 3.38. The van der Waals surface area contributed by atoms with Crippen molar-refractivity contribution < 1.29 is 14.3 Å². The summed E-state index contributed by atoms with van der Waals surface area (Å²) in [6, 6.07) is 10.2. The minimum Gasteiger partial charge on any atom is -0.396 e. The van der Waals surface area contributed by atoms with Crippen LogP contribution in [0.4, 0.5) is 4.39 Å². The van der Waals surface area contributed by atoms with Gasteiger partial charge in [-0.15, -0.1) is 0 Å². The zero-order chi connectivity index (χ0) is 20.7. The van der Waals surface area contributed by atoms with Gasteiger partial charge in [0.1, 0.15) is 5.82 Å². The summed E-state index contributed by atoms with van der Waals surface area (Å²) in [5, 5.41) is 15.3. The molecule has 6 heteroatoms. The molecule has 1 heterocycles. The van der Waals surface area contributed by atoms with Crippen molar-refractivity contribution in [2.24, 2.45) is 11.8 Å². The van der Waals surface area contributed by atoms with E-state index in [0.29, 0.717) is 29.4 Å². The van der Waals surface area contributed by atoms with Crippen LogP contribution in [0.25, 0.3) is 11.3 Å². The number of aromatic nitrogens is 1. The van der Waals surface area contributed by atoms with Crippen molar-refractivity contribution in [2.45, 2.75) is 40.3 Å². The third-order valence-corrected chi connectivity index (χ3v) is 4.77. The number of amides is 1. The van der Waals surface area contributed by atoms with Crippen molar-refractivity contribution in [3.63, 3.8) is 0 Å². The molecule has 0 radical (unpaired) electrons. The van der Waals surface area contributed by atoms with Crippen molar-refractivity contribution in [3.8, 4) is 11.3 Å². The molecule has 28 heavy (non-hydrogen) atoms. The Morgan fingerprint density at radius 1 is 1.11 bits per heavy atom. The van der Waals surface area contributed by atoms with Gasteiger partial charge in [-0.05, 0) is 43.0 Å². The van der Waals surface area contributed by atoms with Gasteiger partial charge in [-0.3, -0.25) is 4.79 Å². The minimum absolute atomic E-state index is 0.0403. The first-order valence-corrected chi connectivity index (χ1v) is 9.70. The molecule has 0 saturated heterocycles. The molecule has 0 saturated carbocycles. The Labute approximate surface area is 166 Å². The highest BCUT2D eigenvalue weighted by atomic mass is 19.1.